The van der Waals surface area contributed by atoms with Crippen molar-refractivity contribution >= 4 is 10.0 Å². The predicted octanol–water partition coefficient (Wildman–Crippen LogP) is 0.989. The molecule has 1 aromatic carbocycles. The van der Waals surface area contributed by atoms with Crippen LogP contribution in [-0.2, 0) is 21.2 Å². The summed E-state index contributed by atoms with van der Waals surface area (Å²) < 4.78 is 31.8. The summed E-state index contributed by atoms with van der Waals surface area (Å²) >= 11 is 0. The third-order valence-electron chi connectivity index (χ3n) is 3.41. The highest BCUT2D eigenvalue weighted by molar-refractivity contribution is 7.89. The first-order chi connectivity index (χ1) is 9.64. The summed E-state index contributed by atoms with van der Waals surface area (Å²) in [6, 6.07) is 7.12. The molecular weight excluding hydrogens is 276 g/mol. The molecule has 0 aliphatic carbocycles. The standard InChI is InChI=1S/C14H22N2O3S/c15-8-1-3-13-4-6-14(7-5-13)20(17,18)16-9-2-11-19-12-10-16/h4-7H,1-3,8-12,15H2. The van der Waals surface area contributed by atoms with Gasteiger partial charge in [0.05, 0.1) is 11.5 Å². The molecule has 6 heteroatoms. The van der Waals surface area contributed by atoms with Crippen LogP contribution in [0.4, 0.5) is 0 Å². The van der Waals surface area contributed by atoms with E-state index in [9.17, 15) is 8.42 Å². The largest absolute Gasteiger partial charge is 0.380 e. The van der Waals surface area contributed by atoms with E-state index < -0.39 is 10.0 Å². The number of benzene rings is 1. The molecule has 0 unspecified atom stereocenters. The van der Waals surface area contributed by atoms with E-state index in [0.717, 1.165) is 24.8 Å². The van der Waals surface area contributed by atoms with Crippen molar-refractivity contribution in [2.45, 2.75) is 24.2 Å². The maximum atomic E-state index is 12.5. The molecule has 1 aliphatic heterocycles. The number of nitrogens with two attached hydrogens (primary N) is 1. The van der Waals surface area contributed by atoms with Gasteiger partial charge < -0.3 is 10.5 Å². The number of nitrogens with zero attached hydrogens (tertiary/aromatic N) is 1. The Hall–Kier alpha value is -0.950. The van der Waals surface area contributed by atoms with Crippen molar-refractivity contribution in [1.29, 1.82) is 0 Å². The number of ether oxygens (including phenoxy) is 1. The van der Waals surface area contributed by atoms with Crippen LogP contribution in [0.2, 0.25) is 0 Å². The molecule has 5 nitrogen and oxygen atoms in total. The van der Waals surface area contributed by atoms with Crippen molar-refractivity contribution in [1.82, 2.24) is 4.31 Å². The van der Waals surface area contributed by atoms with Gasteiger partial charge in [-0.3, -0.25) is 0 Å². The molecule has 2 rings (SSSR count). The highest BCUT2D eigenvalue weighted by atomic mass is 32.2. The summed E-state index contributed by atoms with van der Waals surface area (Å²) in [5, 5.41) is 0. The summed E-state index contributed by atoms with van der Waals surface area (Å²) in [5.74, 6) is 0. The molecule has 1 aliphatic rings. The van der Waals surface area contributed by atoms with E-state index in [2.05, 4.69) is 0 Å². The van der Waals surface area contributed by atoms with Gasteiger partial charge >= 0.3 is 0 Å². The molecule has 20 heavy (non-hydrogen) atoms. The highest BCUT2D eigenvalue weighted by Gasteiger charge is 2.25. The second-order valence-electron chi connectivity index (χ2n) is 4.91. The fourth-order valence-corrected chi connectivity index (χ4v) is 3.71. The van der Waals surface area contributed by atoms with Crippen LogP contribution in [0.25, 0.3) is 0 Å². The lowest BCUT2D eigenvalue weighted by Crippen LogP contribution is -2.33. The van der Waals surface area contributed by atoms with E-state index in [0.29, 0.717) is 37.7 Å². The number of rotatable bonds is 5. The first kappa shape index (κ1) is 15.4. The summed E-state index contributed by atoms with van der Waals surface area (Å²) in [7, 11) is -3.39. The van der Waals surface area contributed by atoms with Crippen LogP contribution in [0.5, 0.6) is 0 Å². The quantitative estimate of drug-likeness (QED) is 0.880. The van der Waals surface area contributed by atoms with Crippen LogP contribution >= 0.6 is 0 Å². The van der Waals surface area contributed by atoms with E-state index in [-0.39, 0.29) is 0 Å². The Morgan fingerprint density at radius 1 is 1.15 bits per heavy atom. The average Bonchev–Trinajstić information content (AvgIpc) is 2.75. The fourth-order valence-electron chi connectivity index (χ4n) is 2.25. The summed E-state index contributed by atoms with van der Waals surface area (Å²) in [4.78, 5) is 0.357. The molecule has 0 amide bonds. The third kappa shape index (κ3) is 3.79. The number of hydrogen-bond acceptors (Lipinski definition) is 4. The van der Waals surface area contributed by atoms with Crippen molar-refractivity contribution in [3.63, 3.8) is 0 Å². The van der Waals surface area contributed by atoms with E-state index in [1.807, 2.05) is 12.1 Å². The van der Waals surface area contributed by atoms with Gasteiger partial charge in [-0.1, -0.05) is 12.1 Å². The van der Waals surface area contributed by atoms with Gasteiger partial charge in [0.15, 0.2) is 0 Å². The average molecular weight is 298 g/mol. The van der Waals surface area contributed by atoms with Crippen molar-refractivity contribution < 1.29 is 13.2 Å². The second kappa shape index (κ2) is 7.17. The minimum Gasteiger partial charge on any atom is -0.380 e. The van der Waals surface area contributed by atoms with Gasteiger partial charge in [0.1, 0.15) is 0 Å². The molecule has 0 spiro atoms. The third-order valence-corrected chi connectivity index (χ3v) is 5.32. The topological polar surface area (TPSA) is 72.6 Å². The highest BCUT2D eigenvalue weighted by Crippen LogP contribution is 2.18. The van der Waals surface area contributed by atoms with Crippen LogP contribution in [0.1, 0.15) is 18.4 Å². The van der Waals surface area contributed by atoms with Crippen LogP contribution in [0.15, 0.2) is 29.2 Å². The monoisotopic (exact) mass is 298 g/mol. The summed E-state index contributed by atoms with van der Waals surface area (Å²) in [6.45, 7) is 2.69. The van der Waals surface area contributed by atoms with E-state index in [4.69, 9.17) is 10.5 Å². The lowest BCUT2D eigenvalue weighted by atomic mass is 10.1. The Bertz CT molecular complexity index is 506. The van der Waals surface area contributed by atoms with Gasteiger partial charge in [-0.05, 0) is 43.5 Å². The summed E-state index contributed by atoms with van der Waals surface area (Å²) in [6.07, 6.45) is 2.54. The van der Waals surface area contributed by atoms with Crippen molar-refractivity contribution in [2.24, 2.45) is 5.73 Å². The Morgan fingerprint density at radius 3 is 2.60 bits per heavy atom. The molecule has 0 radical (unpaired) electrons. The van der Waals surface area contributed by atoms with E-state index in [1.54, 1.807) is 12.1 Å². The van der Waals surface area contributed by atoms with Gasteiger partial charge in [-0.15, -0.1) is 0 Å². The molecule has 1 heterocycles. The first-order valence-corrected chi connectivity index (χ1v) is 8.45. The zero-order valence-electron chi connectivity index (χ0n) is 11.6. The molecule has 1 aromatic rings. The summed E-state index contributed by atoms with van der Waals surface area (Å²) in [5.41, 5.74) is 6.59. The Labute approximate surface area is 120 Å². The smallest absolute Gasteiger partial charge is 0.243 e. The zero-order chi connectivity index (χ0) is 14.4. The van der Waals surface area contributed by atoms with Crippen molar-refractivity contribution in [2.75, 3.05) is 32.8 Å². The maximum Gasteiger partial charge on any atom is 0.243 e. The van der Waals surface area contributed by atoms with Crippen molar-refractivity contribution in [3.8, 4) is 0 Å². The Morgan fingerprint density at radius 2 is 1.90 bits per heavy atom. The molecule has 1 fully saturated rings. The lowest BCUT2D eigenvalue weighted by molar-refractivity contribution is 0.148. The SMILES string of the molecule is NCCCc1ccc(S(=O)(=O)N2CCCOCC2)cc1. The van der Waals surface area contributed by atoms with Crippen molar-refractivity contribution in [3.05, 3.63) is 29.8 Å². The zero-order valence-corrected chi connectivity index (χ0v) is 12.4. The Kier molecular flexibility index (Phi) is 5.54. The van der Waals surface area contributed by atoms with Crippen LogP contribution < -0.4 is 5.73 Å². The normalized spacial score (nSPS) is 17.9. The Balaban J connectivity index is 2.12. The molecular formula is C14H22N2O3S. The molecule has 1 saturated heterocycles. The van der Waals surface area contributed by atoms with Crippen LogP contribution in [0.3, 0.4) is 0 Å². The minimum absolute atomic E-state index is 0.357. The van der Waals surface area contributed by atoms with Gasteiger partial charge in [-0.25, -0.2) is 8.42 Å². The lowest BCUT2D eigenvalue weighted by Gasteiger charge is -2.19. The van der Waals surface area contributed by atoms with Gasteiger partial charge in [0.25, 0.3) is 0 Å². The van der Waals surface area contributed by atoms with Gasteiger partial charge in [0.2, 0.25) is 10.0 Å². The number of sulfonamides is 1. The van der Waals surface area contributed by atoms with Gasteiger partial charge in [-0.2, -0.15) is 4.31 Å². The molecule has 0 saturated carbocycles. The minimum atomic E-state index is -3.39. The second-order valence-corrected chi connectivity index (χ2v) is 6.84. The van der Waals surface area contributed by atoms with E-state index in [1.165, 1.54) is 4.31 Å². The first-order valence-electron chi connectivity index (χ1n) is 7.01. The number of hydrogen-bond donors (Lipinski definition) is 1. The molecule has 0 atom stereocenters. The predicted molar refractivity (Wildman–Crippen MR) is 78.0 cm³/mol. The molecule has 0 bridgehead atoms. The van der Waals surface area contributed by atoms with E-state index >= 15 is 0 Å². The molecule has 2 N–H and O–H groups in total. The molecule has 0 aromatic heterocycles. The number of aryl methyl sites for hydroxylation is 1. The van der Waals surface area contributed by atoms with Crippen LogP contribution in [0, 0.1) is 0 Å². The molecule has 112 valence electrons. The fraction of sp³-hybridized carbons (Fsp3) is 0.571. The van der Waals surface area contributed by atoms with Crippen LogP contribution in [-0.4, -0.2) is 45.6 Å². The maximum absolute atomic E-state index is 12.5. The van der Waals surface area contributed by atoms with Gasteiger partial charge in [0, 0.05) is 19.7 Å².